The molecule has 0 radical (unpaired) electrons. The average Bonchev–Trinajstić information content (AvgIpc) is 3.14. The number of piperidine rings is 1. The number of halogens is 3. The van der Waals surface area contributed by atoms with E-state index in [1.807, 2.05) is 4.90 Å². The highest BCUT2D eigenvalue weighted by atomic mass is 19.4. The van der Waals surface area contributed by atoms with Crippen LogP contribution in [0.2, 0.25) is 0 Å². The number of hydrogen-bond donors (Lipinski definition) is 2. The third-order valence-corrected chi connectivity index (χ3v) is 4.86. The van der Waals surface area contributed by atoms with Gasteiger partial charge in [0.25, 0.3) is 0 Å². The van der Waals surface area contributed by atoms with Gasteiger partial charge in [-0.2, -0.15) is 13.2 Å². The minimum Gasteiger partial charge on any atom is -0.371 e. The van der Waals surface area contributed by atoms with Crippen molar-refractivity contribution in [2.75, 3.05) is 31.1 Å². The third-order valence-electron chi connectivity index (χ3n) is 4.86. The second-order valence-corrected chi connectivity index (χ2v) is 6.75. The molecule has 138 valence electrons. The molecule has 2 N–H and O–H groups in total. The van der Waals surface area contributed by atoms with Crippen molar-refractivity contribution in [2.24, 2.45) is 5.92 Å². The molecular formula is C17H23F3N4O. The summed E-state index contributed by atoms with van der Waals surface area (Å²) in [5, 5.41) is 6.14. The number of carbonyl (C=O) groups is 1. The molecule has 0 bridgehead atoms. The van der Waals surface area contributed by atoms with E-state index in [0.29, 0.717) is 18.8 Å². The number of nitrogens with zero attached hydrogens (tertiary/aromatic N) is 2. The molecule has 3 rings (SSSR count). The number of nitrogens with one attached hydrogen (secondary N) is 2. The lowest BCUT2D eigenvalue weighted by Gasteiger charge is -2.34. The summed E-state index contributed by atoms with van der Waals surface area (Å²) in [6, 6.07) is 2.61. The maximum Gasteiger partial charge on any atom is 0.433 e. The first-order valence-corrected chi connectivity index (χ1v) is 8.73. The van der Waals surface area contributed by atoms with Gasteiger partial charge in [0.1, 0.15) is 5.69 Å². The summed E-state index contributed by atoms with van der Waals surface area (Å²) in [6.45, 7) is 2.79. The number of pyridine rings is 1. The minimum atomic E-state index is -4.44. The van der Waals surface area contributed by atoms with E-state index >= 15 is 0 Å². The summed E-state index contributed by atoms with van der Waals surface area (Å²) < 4.78 is 38.5. The molecule has 2 atom stereocenters. The summed E-state index contributed by atoms with van der Waals surface area (Å²) >= 11 is 0. The number of alkyl halides is 3. The lowest BCUT2D eigenvalue weighted by atomic mass is 9.97. The Hall–Kier alpha value is -1.83. The van der Waals surface area contributed by atoms with Gasteiger partial charge in [-0.3, -0.25) is 9.78 Å². The van der Waals surface area contributed by atoms with Crippen LogP contribution >= 0.6 is 0 Å². The lowest BCUT2D eigenvalue weighted by molar-refractivity contribution is -0.141. The fourth-order valence-corrected chi connectivity index (χ4v) is 3.51. The van der Waals surface area contributed by atoms with Crippen LogP contribution in [0.1, 0.15) is 31.4 Å². The van der Waals surface area contributed by atoms with Gasteiger partial charge in [0.2, 0.25) is 5.91 Å². The van der Waals surface area contributed by atoms with Crippen LogP contribution in [-0.4, -0.2) is 43.1 Å². The number of anilines is 1. The highest BCUT2D eigenvalue weighted by Gasteiger charge is 2.33. The number of rotatable bonds is 4. The normalized spacial score (nSPS) is 24.4. The van der Waals surface area contributed by atoms with E-state index in [1.165, 1.54) is 6.20 Å². The van der Waals surface area contributed by atoms with Crippen LogP contribution in [-0.2, 0) is 11.0 Å². The predicted molar refractivity (Wildman–Crippen MR) is 88.2 cm³/mol. The van der Waals surface area contributed by atoms with E-state index in [9.17, 15) is 18.0 Å². The summed E-state index contributed by atoms with van der Waals surface area (Å²) in [6.07, 6.45) is 0.499. The third kappa shape index (κ3) is 4.62. The molecule has 0 aromatic carbocycles. The lowest BCUT2D eigenvalue weighted by Crippen LogP contribution is -2.45. The van der Waals surface area contributed by atoms with Crippen LogP contribution in [0.3, 0.4) is 0 Å². The highest BCUT2D eigenvalue weighted by molar-refractivity contribution is 5.82. The van der Waals surface area contributed by atoms with Crippen molar-refractivity contribution < 1.29 is 18.0 Å². The highest BCUT2D eigenvalue weighted by Crippen LogP contribution is 2.31. The van der Waals surface area contributed by atoms with E-state index in [2.05, 4.69) is 15.6 Å². The largest absolute Gasteiger partial charge is 0.433 e. The SMILES string of the molecule is O=C(NCC1CCCN(c2ccnc(C(F)(F)F)c2)C1)C1CCCN1. The number of amides is 1. The number of carbonyl (C=O) groups excluding carboxylic acids is 1. The fraction of sp³-hybridized carbons (Fsp3) is 0.647. The molecule has 2 fully saturated rings. The molecule has 2 aliphatic rings. The van der Waals surface area contributed by atoms with Gasteiger partial charge in [-0.15, -0.1) is 0 Å². The Morgan fingerprint density at radius 2 is 2.20 bits per heavy atom. The standard InChI is InChI=1S/C17H23F3N4O/c18-17(19,20)15-9-13(5-7-22-15)24-8-2-3-12(11-24)10-23-16(25)14-4-1-6-21-14/h5,7,9,12,14,21H,1-4,6,8,10-11H2,(H,23,25). The zero-order valence-corrected chi connectivity index (χ0v) is 14.0. The predicted octanol–water partition coefficient (Wildman–Crippen LogP) is 2.19. The quantitative estimate of drug-likeness (QED) is 0.868. The summed E-state index contributed by atoms with van der Waals surface area (Å²) in [4.78, 5) is 17.4. The van der Waals surface area contributed by atoms with Gasteiger partial charge >= 0.3 is 6.18 Å². The monoisotopic (exact) mass is 356 g/mol. The Kier molecular flexibility index (Phi) is 5.46. The fourth-order valence-electron chi connectivity index (χ4n) is 3.51. The Labute approximate surface area is 145 Å². The van der Waals surface area contributed by atoms with Gasteiger partial charge in [-0.1, -0.05) is 0 Å². The van der Waals surface area contributed by atoms with Crippen LogP contribution in [0.4, 0.5) is 18.9 Å². The Morgan fingerprint density at radius 3 is 2.92 bits per heavy atom. The van der Waals surface area contributed by atoms with Crippen molar-refractivity contribution in [1.82, 2.24) is 15.6 Å². The molecule has 0 saturated carbocycles. The maximum absolute atomic E-state index is 12.8. The van der Waals surface area contributed by atoms with Crippen molar-refractivity contribution in [1.29, 1.82) is 0 Å². The van der Waals surface area contributed by atoms with E-state index in [0.717, 1.165) is 44.8 Å². The number of aromatic nitrogens is 1. The molecule has 1 amide bonds. The van der Waals surface area contributed by atoms with Crippen LogP contribution in [0.15, 0.2) is 18.3 Å². The molecule has 5 nitrogen and oxygen atoms in total. The first-order chi connectivity index (χ1) is 11.9. The summed E-state index contributed by atoms with van der Waals surface area (Å²) in [7, 11) is 0. The maximum atomic E-state index is 12.8. The molecule has 3 heterocycles. The molecule has 2 saturated heterocycles. The first-order valence-electron chi connectivity index (χ1n) is 8.73. The zero-order valence-electron chi connectivity index (χ0n) is 14.0. The second kappa shape index (κ2) is 7.59. The van der Waals surface area contributed by atoms with Crippen molar-refractivity contribution in [3.63, 3.8) is 0 Å². The minimum absolute atomic E-state index is 0.0258. The van der Waals surface area contributed by atoms with Gasteiger partial charge in [0, 0.05) is 31.5 Å². The molecule has 1 aromatic heterocycles. The van der Waals surface area contributed by atoms with Crippen molar-refractivity contribution in [3.8, 4) is 0 Å². The van der Waals surface area contributed by atoms with E-state index in [4.69, 9.17) is 0 Å². The number of hydrogen-bond acceptors (Lipinski definition) is 4. The molecule has 1 aromatic rings. The average molecular weight is 356 g/mol. The van der Waals surface area contributed by atoms with Gasteiger partial charge in [-0.25, -0.2) is 0 Å². The summed E-state index contributed by atoms with van der Waals surface area (Å²) in [5.41, 5.74) is -0.330. The van der Waals surface area contributed by atoms with Gasteiger partial charge in [0.05, 0.1) is 6.04 Å². The van der Waals surface area contributed by atoms with Crippen molar-refractivity contribution in [3.05, 3.63) is 24.0 Å². The second-order valence-electron chi connectivity index (χ2n) is 6.75. The molecular weight excluding hydrogens is 333 g/mol. The molecule has 2 aliphatic heterocycles. The van der Waals surface area contributed by atoms with Gasteiger partial charge in [-0.05, 0) is 50.3 Å². The van der Waals surface area contributed by atoms with Crippen molar-refractivity contribution in [2.45, 2.75) is 37.9 Å². The van der Waals surface area contributed by atoms with Crippen molar-refractivity contribution >= 4 is 11.6 Å². The zero-order chi connectivity index (χ0) is 17.9. The van der Waals surface area contributed by atoms with Crippen LogP contribution in [0.5, 0.6) is 0 Å². The molecule has 2 unspecified atom stereocenters. The van der Waals surface area contributed by atoms with Gasteiger partial charge < -0.3 is 15.5 Å². The first kappa shape index (κ1) is 18.0. The van der Waals surface area contributed by atoms with Crippen LogP contribution in [0.25, 0.3) is 0 Å². The Morgan fingerprint density at radius 1 is 1.36 bits per heavy atom. The topological polar surface area (TPSA) is 57.3 Å². The Balaban J connectivity index is 1.56. The van der Waals surface area contributed by atoms with E-state index < -0.39 is 11.9 Å². The van der Waals surface area contributed by atoms with E-state index in [-0.39, 0.29) is 17.9 Å². The summed E-state index contributed by atoms with van der Waals surface area (Å²) in [5.74, 6) is 0.263. The Bertz CT molecular complexity index is 602. The molecule has 8 heteroatoms. The van der Waals surface area contributed by atoms with E-state index in [1.54, 1.807) is 6.07 Å². The molecule has 0 aliphatic carbocycles. The van der Waals surface area contributed by atoms with Gasteiger partial charge in [0.15, 0.2) is 0 Å². The smallest absolute Gasteiger partial charge is 0.371 e. The molecule has 25 heavy (non-hydrogen) atoms. The molecule has 0 spiro atoms. The van der Waals surface area contributed by atoms with Crippen LogP contribution in [0, 0.1) is 5.92 Å². The van der Waals surface area contributed by atoms with Crippen LogP contribution < -0.4 is 15.5 Å².